The Morgan fingerprint density at radius 3 is 2.74 bits per heavy atom. The molecule has 11 heteroatoms. The number of nitrogens with one attached hydrogen (secondary N) is 7. The van der Waals surface area contributed by atoms with Gasteiger partial charge in [-0.2, -0.15) is 5.48 Å². The molecule has 8 N–H and O–H groups in total. The molecule has 5 fully saturated rings. The zero-order valence-corrected chi connectivity index (χ0v) is 20.6. The van der Waals surface area contributed by atoms with E-state index in [9.17, 15) is 14.7 Å². The number of hydrogen-bond acceptors (Lipinski definition) is 9. The molecule has 5 aliphatic rings. The molecule has 7 atom stereocenters. The lowest BCUT2D eigenvalue weighted by molar-refractivity contribution is -0.132. The number of carbonyl (C=O) groups is 2. The molecule has 35 heavy (non-hydrogen) atoms. The van der Waals surface area contributed by atoms with Crippen molar-refractivity contribution in [3.63, 3.8) is 0 Å². The van der Waals surface area contributed by atoms with E-state index in [4.69, 9.17) is 4.84 Å². The molecular formula is C24H43N7O4. The monoisotopic (exact) mass is 493 g/mol. The van der Waals surface area contributed by atoms with Crippen LogP contribution in [0.1, 0.15) is 77.0 Å². The number of hydroxylamine groups is 1. The summed E-state index contributed by atoms with van der Waals surface area (Å²) < 4.78 is 0. The highest BCUT2D eigenvalue weighted by atomic mass is 16.7. The predicted molar refractivity (Wildman–Crippen MR) is 129 cm³/mol. The van der Waals surface area contributed by atoms with Gasteiger partial charge in [-0.05, 0) is 83.1 Å². The smallest absolute Gasteiger partial charge is 0.238 e. The first-order valence-corrected chi connectivity index (χ1v) is 13.7. The topological polar surface area (TPSA) is 148 Å². The number of fused-ring (bicyclic) bond motifs is 1. The van der Waals surface area contributed by atoms with Crippen molar-refractivity contribution in [2.75, 3.05) is 6.54 Å². The highest BCUT2D eigenvalue weighted by molar-refractivity contribution is 5.80. The molecule has 0 aromatic heterocycles. The summed E-state index contributed by atoms with van der Waals surface area (Å²) >= 11 is 0. The Balaban J connectivity index is 1.02. The fourth-order valence-corrected chi connectivity index (χ4v) is 6.56. The van der Waals surface area contributed by atoms with Crippen LogP contribution in [0.25, 0.3) is 0 Å². The molecule has 0 spiro atoms. The van der Waals surface area contributed by atoms with Gasteiger partial charge in [0.05, 0.1) is 24.4 Å². The van der Waals surface area contributed by atoms with E-state index in [2.05, 4.69) is 37.6 Å². The number of piperidine rings is 1. The van der Waals surface area contributed by atoms with Crippen LogP contribution in [0.15, 0.2) is 0 Å². The van der Waals surface area contributed by atoms with E-state index in [1.165, 1.54) is 0 Å². The summed E-state index contributed by atoms with van der Waals surface area (Å²) in [4.78, 5) is 30.5. The van der Waals surface area contributed by atoms with E-state index in [0.29, 0.717) is 24.8 Å². The molecule has 3 heterocycles. The average molecular weight is 494 g/mol. The number of aliphatic hydroxyl groups excluding tert-OH is 1. The van der Waals surface area contributed by atoms with Gasteiger partial charge in [0.15, 0.2) is 0 Å². The number of hydrazine groups is 1. The summed E-state index contributed by atoms with van der Waals surface area (Å²) in [7, 11) is 0. The number of amides is 2. The van der Waals surface area contributed by atoms with Gasteiger partial charge in [0, 0.05) is 24.5 Å². The molecule has 7 unspecified atom stereocenters. The van der Waals surface area contributed by atoms with Gasteiger partial charge in [0.25, 0.3) is 0 Å². The van der Waals surface area contributed by atoms with Crippen molar-refractivity contribution < 1.29 is 19.5 Å². The maximum atomic E-state index is 12.7. The fraction of sp³-hybridized carbons (Fsp3) is 0.917. The maximum absolute atomic E-state index is 12.7. The van der Waals surface area contributed by atoms with Gasteiger partial charge >= 0.3 is 0 Å². The number of rotatable bonds is 7. The van der Waals surface area contributed by atoms with E-state index in [-0.39, 0.29) is 54.5 Å². The van der Waals surface area contributed by atoms with E-state index in [1.807, 2.05) is 0 Å². The molecule has 2 saturated carbocycles. The molecule has 0 aromatic rings. The minimum absolute atomic E-state index is 0.00378. The first kappa shape index (κ1) is 25.3. The van der Waals surface area contributed by atoms with Gasteiger partial charge in [-0.25, -0.2) is 5.43 Å². The van der Waals surface area contributed by atoms with Gasteiger partial charge in [-0.1, -0.05) is 0 Å². The molecule has 0 bridgehead atoms. The lowest BCUT2D eigenvalue weighted by atomic mass is 9.85. The van der Waals surface area contributed by atoms with Crippen LogP contribution in [0, 0.1) is 11.8 Å². The highest BCUT2D eigenvalue weighted by Crippen LogP contribution is 2.28. The summed E-state index contributed by atoms with van der Waals surface area (Å²) in [6.07, 6.45) is 10.5. The third kappa shape index (κ3) is 6.51. The number of carbonyl (C=O) groups excluding carboxylic acids is 2. The van der Waals surface area contributed by atoms with Crippen molar-refractivity contribution in [3.8, 4) is 0 Å². The first-order chi connectivity index (χ1) is 17.0. The van der Waals surface area contributed by atoms with Gasteiger partial charge in [0.1, 0.15) is 6.23 Å². The molecule has 5 rings (SSSR count). The Hall–Kier alpha value is -1.34. The van der Waals surface area contributed by atoms with Gasteiger partial charge in [-0.3, -0.25) is 30.5 Å². The van der Waals surface area contributed by atoms with Crippen molar-refractivity contribution in [3.05, 3.63) is 0 Å². The second-order valence-electron chi connectivity index (χ2n) is 11.1. The molecule has 0 aromatic carbocycles. The molecule has 198 valence electrons. The molecule has 2 aliphatic carbocycles. The van der Waals surface area contributed by atoms with Crippen LogP contribution < -0.4 is 37.6 Å². The summed E-state index contributed by atoms with van der Waals surface area (Å²) in [6.45, 7) is 0.942. The number of aliphatic hydroxyl groups is 1. The van der Waals surface area contributed by atoms with E-state index in [1.54, 1.807) is 0 Å². The van der Waals surface area contributed by atoms with E-state index >= 15 is 0 Å². The van der Waals surface area contributed by atoms with E-state index in [0.717, 1.165) is 70.8 Å². The quantitative estimate of drug-likeness (QED) is 0.234. The van der Waals surface area contributed by atoms with Gasteiger partial charge in [-0.15, -0.1) is 0 Å². The van der Waals surface area contributed by atoms with Crippen LogP contribution in [0.5, 0.6) is 0 Å². The largest absolute Gasteiger partial charge is 0.393 e. The molecule has 3 saturated heterocycles. The Morgan fingerprint density at radius 2 is 1.89 bits per heavy atom. The molecular weight excluding hydrogens is 450 g/mol. The van der Waals surface area contributed by atoms with Crippen molar-refractivity contribution in [1.82, 2.24) is 37.6 Å². The highest BCUT2D eigenvalue weighted by Gasteiger charge is 2.41. The van der Waals surface area contributed by atoms with Crippen LogP contribution in [0.4, 0.5) is 0 Å². The predicted octanol–water partition coefficient (Wildman–Crippen LogP) is -0.560. The Bertz CT molecular complexity index is 735. The van der Waals surface area contributed by atoms with Crippen molar-refractivity contribution >= 4 is 11.8 Å². The lowest BCUT2D eigenvalue weighted by Crippen LogP contribution is -2.72. The van der Waals surface area contributed by atoms with Crippen LogP contribution >= 0.6 is 0 Å². The maximum Gasteiger partial charge on any atom is 0.238 e. The average Bonchev–Trinajstić information content (AvgIpc) is 3.35. The minimum atomic E-state index is -0.165. The Labute approximate surface area is 207 Å². The van der Waals surface area contributed by atoms with Gasteiger partial charge < -0.3 is 15.7 Å². The minimum Gasteiger partial charge on any atom is -0.393 e. The van der Waals surface area contributed by atoms with Gasteiger partial charge in [0.2, 0.25) is 11.8 Å². The van der Waals surface area contributed by atoms with Crippen molar-refractivity contribution in [1.29, 1.82) is 0 Å². The van der Waals surface area contributed by atoms with Crippen molar-refractivity contribution in [2.24, 2.45) is 11.8 Å². The number of hydrogen-bond donors (Lipinski definition) is 8. The SMILES string of the molecule is O=C(CCC1NC(C2CCC(O)CC2)NO1)NC1CCCC(NC2NNC(=O)C3CCCNC23)C1. The van der Waals surface area contributed by atoms with Crippen molar-refractivity contribution in [2.45, 2.75) is 120 Å². The van der Waals surface area contributed by atoms with Crippen LogP contribution in [0.3, 0.4) is 0 Å². The lowest BCUT2D eigenvalue weighted by Gasteiger charge is -2.44. The Morgan fingerprint density at radius 1 is 1.06 bits per heavy atom. The summed E-state index contributed by atoms with van der Waals surface area (Å²) in [5.74, 6) is 0.609. The molecule has 0 radical (unpaired) electrons. The summed E-state index contributed by atoms with van der Waals surface area (Å²) in [5.41, 5.74) is 9.08. The van der Waals surface area contributed by atoms with Crippen LogP contribution in [-0.2, 0) is 14.4 Å². The first-order valence-electron chi connectivity index (χ1n) is 13.7. The van der Waals surface area contributed by atoms with E-state index < -0.39 is 0 Å². The third-order valence-corrected chi connectivity index (χ3v) is 8.56. The normalized spacial score (nSPS) is 42.2. The fourth-order valence-electron chi connectivity index (χ4n) is 6.56. The zero-order valence-electron chi connectivity index (χ0n) is 20.6. The van der Waals surface area contributed by atoms with Crippen LogP contribution in [0.2, 0.25) is 0 Å². The third-order valence-electron chi connectivity index (χ3n) is 8.56. The molecule has 11 nitrogen and oxygen atoms in total. The molecule has 2 amide bonds. The molecule has 3 aliphatic heterocycles. The summed E-state index contributed by atoms with van der Waals surface area (Å²) in [5, 5.41) is 23.6. The second kappa shape index (κ2) is 11.8. The zero-order chi connectivity index (χ0) is 24.2. The standard InChI is InChI=1S/C24H43N7O4/c32-17-8-6-14(7-9-17)22-28-20(35-31-22)11-10-19(33)26-15-3-1-4-16(13-15)27-23-21-18(5-2-12-25-21)24(34)30-29-23/h14-18,20-23,25,27-29,31-32H,1-13H2,(H,26,33)(H,30,34). The second-order valence-corrected chi connectivity index (χ2v) is 11.1. The Kier molecular flexibility index (Phi) is 8.54. The van der Waals surface area contributed by atoms with Crippen LogP contribution in [-0.4, -0.2) is 66.3 Å². The summed E-state index contributed by atoms with van der Waals surface area (Å²) in [6, 6.07) is 0.561.